The molecular weight excluding hydrogens is 520 g/mol. The largest absolute Gasteiger partial charge is 0.499 e. The van der Waals surface area contributed by atoms with Gasteiger partial charge in [-0.25, -0.2) is 9.67 Å². The molecule has 11 nitrogen and oxygen atoms in total. The van der Waals surface area contributed by atoms with Crippen LogP contribution in [-0.2, 0) is 9.53 Å². The van der Waals surface area contributed by atoms with Crippen molar-refractivity contribution in [2.45, 2.75) is 32.2 Å². The lowest BCUT2D eigenvalue weighted by Gasteiger charge is -2.35. The molecule has 1 aromatic carbocycles. The van der Waals surface area contributed by atoms with Crippen molar-refractivity contribution in [3.63, 3.8) is 0 Å². The van der Waals surface area contributed by atoms with Crippen LogP contribution in [0.15, 0.2) is 72.5 Å². The minimum Gasteiger partial charge on any atom is -0.499 e. The van der Waals surface area contributed by atoms with Crippen molar-refractivity contribution >= 4 is 22.8 Å². The fourth-order valence-electron chi connectivity index (χ4n) is 5.29. The number of amides is 1. The Labute approximate surface area is 240 Å². The van der Waals surface area contributed by atoms with E-state index in [0.29, 0.717) is 30.5 Å². The second kappa shape index (κ2) is 13.0. The van der Waals surface area contributed by atoms with E-state index in [1.165, 1.54) is 18.9 Å². The van der Waals surface area contributed by atoms with Gasteiger partial charge in [-0.05, 0) is 70.3 Å². The number of methoxy groups -OCH3 is 1. The highest BCUT2D eigenvalue weighted by atomic mass is 16.5. The summed E-state index contributed by atoms with van der Waals surface area (Å²) in [5.74, 6) is 2.29. The Hall–Kier alpha value is -4.22. The number of ether oxygens (including phenoxy) is 2. The third kappa shape index (κ3) is 6.58. The number of anilines is 1. The Morgan fingerprint density at radius 1 is 1.27 bits per heavy atom. The van der Waals surface area contributed by atoms with Gasteiger partial charge in [-0.3, -0.25) is 9.69 Å². The van der Waals surface area contributed by atoms with Gasteiger partial charge in [0.2, 0.25) is 11.9 Å². The number of fused-ring (bicyclic) bond motifs is 1. The van der Waals surface area contributed by atoms with Crippen LogP contribution in [0.1, 0.15) is 26.2 Å². The van der Waals surface area contributed by atoms with Crippen LogP contribution in [0.5, 0.6) is 5.75 Å². The molecule has 0 bridgehead atoms. The molecule has 1 atom stereocenters. The molecule has 1 aliphatic carbocycles. The molecule has 3 heterocycles. The van der Waals surface area contributed by atoms with Crippen molar-refractivity contribution < 1.29 is 14.3 Å². The number of carbonyl (C=O) groups is 1. The predicted molar refractivity (Wildman–Crippen MR) is 159 cm³/mol. The first-order valence-electron chi connectivity index (χ1n) is 14.0. The number of allylic oxidation sites excluding steroid dienone is 1. The van der Waals surface area contributed by atoms with Crippen LogP contribution in [0.3, 0.4) is 0 Å². The SMILES string of the molecule is C=CC(=O)NC1=CC(Nc2nccc(-n3ncc4cc(OCC)ccc43)n2)=C(OC)CC1N(C)CCN1CCCC1. The summed E-state index contributed by atoms with van der Waals surface area (Å²) in [6, 6.07) is 7.59. The molecule has 0 radical (unpaired) electrons. The highest BCUT2D eigenvalue weighted by Crippen LogP contribution is 2.28. The average Bonchev–Trinajstić information content (AvgIpc) is 3.66. The summed E-state index contributed by atoms with van der Waals surface area (Å²) in [4.78, 5) is 26.3. The molecule has 1 saturated heterocycles. The van der Waals surface area contributed by atoms with Gasteiger partial charge in [0.05, 0.1) is 37.2 Å². The first-order valence-corrected chi connectivity index (χ1v) is 14.0. The van der Waals surface area contributed by atoms with Crippen LogP contribution < -0.4 is 15.4 Å². The first-order chi connectivity index (χ1) is 20.0. The number of carbonyl (C=O) groups excluding carboxylic acids is 1. The van der Waals surface area contributed by atoms with Crippen molar-refractivity contribution in [3.05, 3.63) is 72.5 Å². The van der Waals surface area contributed by atoms with Crippen LogP contribution in [0.2, 0.25) is 0 Å². The van der Waals surface area contributed by atoms with Crippen molar-refractivity contribution in [3.8, 4) is 11.6 Å². The molecule has 1 aliphatic heterocycles. The number of likely N-dealkylation sites (N-methyl/N-ethyl adjacent to an activating group) is 1. The van der Waals surface area contributed by atoms with Gasteiger partial charge < -0.3 is 25.0 Å². The fraction of sp³-hybridized carbons (Fsp3) is 0.400. The second-order valence-corrected chi connectivity index (χ2v) is 10.2. The molecule has 0 spiro atoms. The Balaban J connectivity index is 1.38. The minimum absolute atomic E-state index is 0.0636. The molecule has 2 N–H and O–H groups in total. The summed E-state index contributed by atoms with van der Waals surface area (Å²) in [7, 11) is 3.74. The van der Waals surface area contributed by atoms with Crippen molar-refractivity contribution in [2.24, 2.45) is 0 Å². The molecule has 1 unspecified atom stereocenters. The summed E-state index contributed by atoms with van der Waals surface area (Å²) in [6.45, 7) is 10.3. The number of nitrogens with one attached hydrogen (secondary N) is 2. The Morgan fingerprint density at radius 3 is 2.85 bits per heavy atom. The Morgan fingerprint density at radius 2 is 2.10 bits per heavy atom. The lowest BCUT2D eigenvalue weighted by atomic mass is 9.99. The molecule has 0 saturated carbocycles. The number of aromatic nitrogens is 4. The molecule has 2 aliphatic rings. The normalized spacial score (nSPS) is 17.6. The number of rotatable bonds is 12. The van der Waals surface area contributed by atoms with Crippen LogP contribution in [0.25, 0.3) is 16.7 Å². The van der Waals surface area contributed by atoms with E-state index in [4.69, 9.17) is 14.5 Å². The second-order valence-electron chi connectivity index (χ2n) is 10.2. The Kier molecular flexibility index (Phi) is 8.95. The summed E-state index contributed by atoms with van der Waals surface area (Å²) in [5.41, 5.74) is 2.35. The van der Waals surface area contributed by atoms with Gasteiger partial charge in [0, 0.05) is 42.9 Å². The average molecular weight is 559 g/mol. The van der Waals surface area contributed by atoms with E-state index in [2.05, 4.69) is 44.1 Å². The van der Waals surface area contributed by atoms with Gasteiger partial charge in [0.15, 0.2) is 5.82 Å². The first kappa shape index (κ1) is 28.3. The van der Waals surface area contributed by atoms with Crippen molar-refractivity contribution in [1.29, 1.82) is 0 Å². The molecule has 11 heteroatoms. The van der Waals surface area contributed by atoms with Crippen molar-refractivity contribution in [1.82, 2.24) is 34.9 Å². The lowest BCUT2D eigenvalue weighted by molar-refractivity contribution is -0.116. The maximum absolute atomic E-state index is 12.4. The van der Waals surface area contributed by atoms with E-state index in [0.717, 1.165) is 54.3 Å². The van der Waals surface area contributed by atoms with Gasteiger partial charge in [-0.15, -0.1) is 0 Å². The third-order valence-corrected chi connectivity index (χ3v) is 7.49. The number of benzene rings is 1. The van der Waals surface area contributed by atoms with Gasteiger partial charge in [0.25, 0.3) is 0 Å². The molecule has 1 amide bonds. The molecule has 1 fully saturated rings. The van der Waals surface area contributed by atoms with E-state index in [1.54, 1.807) is 30.3 Å². The summed E-state index contributed by atoms with van der Waals surface area (Å²) in [6.07, 6.45) is 9.74. The maximum atomic E-state index is 12.4. The van der Waals surface area contributed by atoms with Gasteiger partial charge in [-0.2, -0.15) is 10.1 Å². The molecular formula is C30H38N8O3. The third-order valence-electron chi connectivity index (χ3n) is 7.49. The monoisotopic (exact) mass is 558 g/mol. The standard InChI is InChI=1S/C30H38N8O3/c1-5-29(39)33-23-18-24(27(40-4)19-26(23)36(3)15-16-37-13-7-8-14-37)34-30-31-12-11-28(35-30)38-25-10-9-22(41-6-2)17-21(25)20-32-38/h5,9-12,17-18,20,26H,1,6-8,13-16,19H2,2-4H3,(H,33,39)(H,31,34,35). The predicted octanol–water partition coefficient (Wildman–Crippen LogP) is 3.47. The number of hydrogen-bond donors (Lipinski definition) is 2. The van der Waals surface area contributed by atoms with Gasteiger partial charge >= 0.3 is 0 Å². The van der Waals surface area contributed by atoms with E-state index in [9.17, 15) is 4.79 Å². The molecule has 5 rings (SSSR count). The summed E-state index contributed by atoms with van der Waals surface area (Å²) < 4.78 is 13.2. The zero-order valence-corrected chi connectivity index (χ0v) is 24.0. The van der Waals surface area contributed by atoms with Gasteiger partial charge in [0.1, 0.15) is 11.5 Å². The van der Waals surface area contributed by atoms with Crippen LogP contribution in [-0.4, -0.2) is 88.4 Å². The number of hydrogen-bond acceptors (Lipinski definition) is 9. The molecule has 41 heavy (non-hydrogen) atoms. The van der Waals surface area contributed by atoms with Crippen LogP contribution in [0, 0.1) is 0 Å². The minimum atomic E-state index is -0.259. The highest BCUT2D eigenvalue weighted by molar-refractivity contribution is 5.88. The topological polar surface area (TPSA) is 110 Å². The van der Waals surface area contributed by atoms with E-state index >= 15 is 0 Å². The molecule has 3 aromatic rings. The van der Waals surface area contributed by atoms with Gasteiger partial charge in [-0.1, -0.05) is 6.58 Å². The number of nitrogens with zero attached hydrogens (tertiary/aromatic N) is 6. The smallest absolute Gasteiger partial charge is 0.247 e. The zero-order chi connectivity index (χ0) is 28.8. The molecule has 2 aromatic heterocycles. The number of likely N-dealkylation sites (tertiary alicyclic amines) is 1. The van der Waals surface area contributed by atoms with Crippen molar-refractivity contribution in [2.75, 3.05) is 52.3 Å². The zero-order valence-electron chi connectivity index (χ0n) is 24.0. The Bertz CT molecular complexity index is 1460. The highest BCUT2D eigenvalue weighted by Gasteiger charge is 2.29. The van der Waals surface area contributed by atoms with Crippen LogP contribution in [0.4, 0.5) is 5.95 Å². The lowest BCUT2D eigenvalue weighted by Crippen LogP contribution is -2.44. The summed E-state index contributed by atoms with van der Waals surface area (Å²) in [5, 5.41) is 11.8. The fourth-order valence-corrected chi connectivity index (χ4v) is 5.29. The molecule has 216 valence electrons. The van der Waals surface area contributed by atoms with E-state index in [-0.39, 0.29) is 11.9 Å². The van der Waals surface area contributed by atoms with Crippen LogP contribution >= 0.6 is 0 Å². The van der Waals surface area contributed by atoms with E-state index in [1.807, 2.05) is 31.2 Å². The quantitative estimate of drug-likeness (QED) is 0.323. The van der Waals surface area contributed by atoms with E-state index < -0.39 is 0 Å². The summed E-state index contributed by atoms with van der Waals surface area (Å²) >= 11 is 0. The maximum Gasteiger partial charge on any atom is 0.247 e.